The van der Waals surface area contributed by atoms with Crippen molar-refractivity contribution in [2.45, 2.75) is 26.0 Å². The van der Waals surface area contributed by atoms with Gasteiger partial charge in [-0.2, -0.15) is 5.26 Å². The number of rotatable bonds is 4. The number of hydrogen-bond acceptors (Lipinski definition) is 3. The second-order valence-electron chi connectivity index (χ2n) is 3.73. The predicted octanol–water partition coefficient (Wildman–Crippen LogP) is 2.49. The zero-order chi connectivity index (χ0) is 12.3. The molecule has 0 saturated heterocycles. The quantitative estimate of drug-likeness (QED) is 0.847. The first-order valence-corrected chi connectivity index (χ1v) is 5.76. The van der Waals surface area contributed by atoms with Crippen LogP contribution in [0.15, 0.2) is 18.2 Å². The lowest BCUT2D eigenvalue weighted by Crippen LogP contribution is -2.03. The molecule has 1 aromatic heterocycles. The van der Waals surface area contributed by atoms with Crippen molar-refractivity contribution in [3.05, 3.63) is 29.0 Å². The van der Waals surface area contributed by atoms with Crippen molar-refractivity contribution in [1.29, 1.82) is 5.26 Å². The molecule has 17 heavy (non-hydrogen) atoms. The van der Waals surface area contributed by atoms with E-state index in [0.29, 0.717) is 23.8 Å². The zero-order valence-electron chi connectivity index (χ0n) is 9.23. The Bertz CT molecular complexity index is 571. The molecule has 5 heteroatoms. The first-order valence-electron chi connectivity index (χ1n) is 5.38. The number of benzene rings is 1. The first-order chi connectivity index (χ1) is 8.26. The maximum Gasteiger partial charge on any atom is 0.135 e. The average Bonchev–Trinajstić information content (AvgIpc) is 2.67. The van der Waals surface area contributed by atoms with Crippen LogP contribution in [-0.4, -0.2) is 14.7 Å². The summed E-state index contributed by atoms with van der Waals surface area (Å²) >= 11 is 5.95. The van der Waals surface area contributed by atoms with Crippen LogP contribution in [-0.2, 0) is 13.2 Å². The zero-order valence-corrected chi connectivity index (χ0v) is 9.98. The normalized spacial score (nSPS) is 10.6. The van der Waals surface area contributed by atoms with E-state index >= 15 is 0 Å². The Balaban J connectivity index is 2.42. The Hall–Kier alpha value is -1.57. The van der Waals surface area contributed by atoms with Crippen molar-refractivity contribution >= 4 is 22.6 Å². The number of aryl methyl sites for hydroxylation is 1. The van der Waals surface area contributed by atoms with E-state index in [-0.39, 0.29) is 6.61 Å². The maximum atomic E-state index is 9.26. The molecule has 0 radical (unpaired) electrons. The number of nitrogens with zero attached hydrogens (tertiary/aromatic N) is 3. The molecule has 2 rings (SSSR count). The van der Waals surface area contributed by atoms with Gasteiger partial charge in [-0.25, -0.2) is 4.98 Å². The fraction of sp³-hybridized carbons (Fsp3) is 0.333. The molecular formula is C12H12ClN3O. The third-order valence-corrected chi connectivity index (χ3v) is 2.84. The van der Waals surface area contributed by atoms with Crippen molar-refractivity contribution < 1.29 is 5.11 Å². The molecule has 0 bridgehead atoms. The molecule has 0 fully saturated rings. The summed E-state index contributed by atoms with van der Waals surface area (Å²) < 4.78 is 1.92. The molecule has 0 unspecified atom stereocenters. The van der Waals surface area contributed by atoms with Crippen molar-refractivity contribution in [2.75, 3.05) is 0 Å². The summed E-state index contributed by atoms with van der Waals surface area (Å²) in [6.07, 6.45) is 1.23. The highest BCUT2D eigenvalue weighted by Crippen LogP contribution is 2.21. The Kier molecular flexibility index (Phi) is 3.62. The van der Waals surface area contributed by atoms with Crippen LogP contribution in [0, 0.1) is 11.3 Å². The maximum absolute atomic E-state index is 9.26. The molecule has 2 aromatic rings. The minimum Gasteiger partial charge on any atom is -0.388 e. The molecular weight excluding hydrogens is 238 g/mol. The van der Waals surface area contributed by atoms with Crippen LogP contribution >= 0.6 is 11.6 Å². The molecule has 0 atom stereocenters. The van der Waals surface area contributed by atoms with Crippen molar-refractivity contribution in [2.24, 2.45) is 0 Å². The minimum atomic E-state index is -0.112. The van der Waals surface area contributed by atoms with E-state index in [2.05, 4.69) is 11.1 Å². The molecule has 4 nitrogen and oxygen atoms in total. The van der Waals surface area contributed by atoms with Gasteiger partial charge in [-0.15, -0.1) is 0 Å². The largest absolute Gasteiger partial charge is 0.388 e. The van der Waals surface area contributed by atoms with Crippen molar-refractivity contribution in [1.82, 2.24) is 9.55 Å². The number of halogens is 1. The van der Waals surface area contributed by atoms with Crippen LogP contribution in [0.25, 0.3) is 11.0 Å². The summed E-state index contributed by atoms with van der Waals surface area (Å²) in [6.45, 7) is 0.555. The van der Waals surface area contributed by atoms with Crippen molar-refractivity contribution in [3.8, 4) is 6.07 Å². The van der Waals surface area contributed by atoms with Gasteiger partial charge in [0.05, 0.1) is 17.1 Å². The Labute approximate surface area is 104 Å². The lowest BCUT2D eigenvalue weighted by molar-refractivity contribution is 0.265. The average molecular weight is 250 g/mol. The number of imidazole rings is 1. The van der Waals surface area contributed by atoms with Gasteiger partial charge in [-0.05, 0) is 24.6 Å². The molecule has 0 aliphatic carbocycles. The van der Waals surface area contributed by atoms with Crippen LogP contribution in [0.4, 0.5) is 0 Å². The van der Waals surface area contributed by atoms with Gasteiger partial charge in [-0.3, -0.25) is 0 Å². The molecule has 1 N–H and O–H groups in total. The fourth-order valence-corrected chi connectivity index (χ4v) is 2.00. The Morgan fingerprint density at radius 2 is 2.29 bits per heavy atom. The second kappa shape index (κ2) is 5.17. The second-order valence-corrected chi connectivity index (χ2v) is 4.17. The van der Waals surface area contributed by atoms with Gasteiger partial charge in [0, 0.05) is 18.0 Å². The Morgan fingerprint density at radius 3 is 3.00 bits per heavy atom. The number of hydrogen-bond donors (Lipinski definition) is 1. The van der Waals surface area contributed by atoms with Gasteiger partial charge >= 0.3 is 0 Å². The van der Waals surface area contributed by atoms with Gasteiger partial charge < -0.3 is 9.67 Å². The van der Waals surface area contributed by atoms with E-state index < -0.39 is 0 Å². The van der Waals surface area contributed by atoms with E-state index in [0.717, 1.165) is 17.5 Å². The molecule has 0 aliphatic rings. The smallest absolute Gasteiger partial charge is 0.135 e. The van der Waals surface area contributed by atoms with Gasteiger partial charge in [0.2, 0.25) is 0 Å². The minimum absolute atomic E-state index is 0.112. The number of aromatic nitrogens is 2. The van der Waals surface area contributed by atoms with E-state index in [9.17, 15) is 5.11 Å². The Morgan fingerprint density at radius 1 is 1.47 bits per heavy atom. The number of fused-ring (bicyclic) bond motifs is 1. The number of unbranched alkanes of at least 4 members (excludes halogenated alkanes) is 1. The van der Waals surface area contributed by atoms with Crippen LogP contribution in [0.3, 0.4) is 0 Å². The first kappa shape index (κ1) is 11.9. The topological polar surface area (TPSA) is 61.8 Å². The molecule has 0 aliphatic heterocycles. The monoisotopic (exact) mass is 249 g/mol. The molecule has 1 heterocycles. The summed E-state index contributed by atoms with van der Waals surface area (Å²) in [4.78, 5) is 4.32. The predicted molar refractivity (Wildman–Crippen MR) is 65.5 cm³/mol. The van der Waals surface area contributed by atoms with Crippen LogP contribution < -0.4 is 0 Å². The summed E-state index contributed by atoms with van der Waals surface area (Å²) in [5, 5.41) is 18.4. The number of aliphatic hydroxyl groups is 1. The third kappa shape index (κ3) is 2.41. The van der Waals surface area contributed by atoms with Gasteiger partial charge in [-0.1, -0.05) is 11.6 Å². The highest BCUT2D eigenvalue weighted by Gasteiger charge is 2.09. The van der Waals surface area contributed by atoms with Crippen LogP contribution in [0.1, 0.15) is 18.7 Å². The van der Waals surface area contributed by atoms with E-state index in [1.165, 1.54) is 0 Å². The van der Waals surface area contributed by atoms with Gasteiger partial charge in [0.15, 0.2) is 0 Å². The van der Waals surface area contributed by atoms with Crippen LogP contribution in [0.2, 0.25) is 5.02 Å². The highest BCUT2D eigenvalue weighted by atomic mass is 35.5. The number of nitriles is 1. The van der Waals surface area contributed by atoms with E-state index in [1.54, 1.807) is 6.07 Å². The molecule has 88 valence electrons. The molecule has 0 saturated carbocycles. The molecule has 0 spiro atoms. The lowest BCUT2D eigenvalue weighted by Gasteiger charge is -2.06. The summed E-state index contributed by atoms with van der Waals surface area (Å²) in [5.41, 5.74) is 1.72. The SMILES string of the molecule is N#CCCCn1c(CO)nc2ccc(Cl)cc21. The van der Waals surface area contributed by atoms with Gasteiger partial charge in [0.1, 0.15) is 12.4 Å². The van der Waals surface area contributed by atoms with Crippen molar-refractivity contribution in [3.63, 3.8) is 0 Å². The van der Waals surface area contributed by atoms with Crippen LogP contribution in [0.5, 0.6) is 0 Å². The van der Waals surface area contributed by atoms with E-state index in [1.807, 2.05) is 16.7 Å². The summed E-state index contributed by atoms with van der Waals surface area (Å²) in [5.74, 6) is 0.611. The molecule has 0 amide bonds. The standard InChI is InChI=1S/C12H12ClN3O/c13-9-3-4-10-11(7-9)16(6-2-1-5-14)12(8-17)15-10/h3-4,7,17H,1-2,6,8H2. The summed E-state index contributed by atoms with van der Waals surface area (Å²) in [7, 11) is 0. The molecule has 1 aromatic carbocycles. The summed E-state index contributed by atoms with van der Waals surface area (Å²) in [6, 6.07) is 7.54. The third-order valence-electron chi connectivity index (χ3n) is 2.60. The lowest BCUT2D eigenvalue weighted by atomic mass is 10.3. The van der Waals surface area contributed by atoms with E-state index in [4.69, 9.17) is 16.9 Å². The van der Waals surface area contributed by atoms with Gasteiger partial charge in [0.25, 0.3) is 0 Å². The fourth-order valence-electron chi connectivity index (χ4n) is 1.83. The highest BCUT2D eigenvalue weighted by molar-refractivity contribution is 6.31. The number of aliphatic hydroxyl groups excluding tert-OH is 1.